The molecule has 0 bridgehead atoms. The highest BCUT2D eigenvalue weighted by molar-refractivity contribution is 6.31. The molecular formula is C23H26ClF2N5O3. The van der Waals surface area contributed by atoms with Gasteiger partial charge in [0.1, 0.15) is 35.4 Å². The summed E-state index contributed by atoms with van der Waals surface area (Å²) in [7, 11) is 1.33. The number of aromatic nitrogens is 1. The SMILES string of the molecule is C=C(OC)/C(=C\C(Cl)=C/C)N(O)Nc1ccc(F)c(COc2cnc(N)c(C(=N)CC)c2)c1F. The Kier molecular flexibility index (Phi) is 9.40. The van der Waals surface area contributed by atoms with E-state index >= 15 is 4.39 Å². The van der Waals surface area contributed by atoms with Crippen LogP contribution in [0.15, 0.2) is 59.6 Å². The number of nitrogens with zero attached hydrogens (tertiary/aromatic N) is 2. The second-order valence-electron chi connectivity index (χ2n) is 6.87. The predicted octanol–water partition coefficient (Wildman–Crippen LogP) is 5.50. The van der Waals surface area contributed by atoms with Gasteiger partial charge in [-0.25, -0.2) is 13.8 Å². The summed E-state index contributed by atoms with van der Waals surface area (Å²) in [6.45, 7) is 6.63. The summed E-state index contributed by atoms with van der Waals surface area (Å²) < 4.78 is 40.0. The number of ether oxygens (including phenoxy) is 2. The van der Waals surface area contributed by atoms with Crippen LogP contribution in [0, 0.1) is 17.0 Å². The first-order chi connectivity index (χ1) is 16.1. The average molecular weight is 494 g/mol. The molecule has 0 aliphatic rings. The van der Waals surface area contributed by atoms with E-state index in [1.807, 2.05) is 0 Å². The number of hydroxylamine groups is 1. The van der Waals surface area contributed by atoms with Crippen molar-refractivity contribution >= 4 is 28.8 Å². The Morgan fingerprint density at radius 1 is 1.41 bits per heavy atom. The maximum Gasteiger partial charge on any atom is 0.157 e. The van der Waals surface area contributed by atoms with E-state index in [9.17, 15) is 9.60 Å². The summed E-state index contributed by atoms with van der Waals surface area (Å²) in [6.07, 6.45) is 4.62. The van der Waals surface area contributed by atoms with Crippen molar-refractivity contribution in [2.24, 2.45) is 0 Å². The van der Waals surface area contributed by atoms with Gasteiger partial charge >= 0.3 is 0 Å². The average Bonchev–Trinajstić information content (AvgIpc) is 2.83. The molecule has 0 aliphatic heterocycles. The molecule has 5 N–H and O–H groups in total. The van der Waals surface area contributed by atoms with Crippen LogP contribution in [0.3, 0.4) is 0 Å². The Hall–Kier alpha value is -3.63. The molecule has 2 rings (SSSR count). The molecule has 0 spiro atoms. The summed E-state index contributed by atoms with van der Waals surface area (Å²) in [5.74, 6) is -1.48. The number of rotatable bonds is 11. The normalized spacial score (nSPS) is 11.7. The van der Waals surface area contributed by atoms with Crippen LogP contribution in [0.1, 0.15) is 31.4 Å². The molecule has 0 aliphatic carbocycles. The smallest absolute Gasteiger partial charge is 0.157 e. The van der Waals surface area contributed by atoms with Crippen LogP contribution in [-0.4, -0.2) is 28.2 Å². The van der Waals surface area contributed by atoms with Gasteiger partial charge in [-0.3, -0.25) is 10.6 Å². The van der Waals surface area contributed by atoms with Crippen molar-refractivity contribution in [2.75, 3.05) is 18.3 Å². The number of allylic oxidation sites excluding steroid dienone is 3. The Morgan fingerprint density at radius 2 is 2.12 bits per heavy atom. The van der Waals surface area contributed by atoms with Gasteiger partial charge in [-0.05, 0) is 37.6 Å². The van der Waals surface area contributed by atoms with Gasteiger partial charge in [0.05, 0.1) is 24.6 Å². The number of hydrogen-bond acceptors (Lipinski definition) is 8. The van der Waals surface area contributed by atoms with Crippen LogP contribution in [-0.2, 0) is 11.3 Å². The number of nitrogens with one attached hydrogen (secondary N) is 2. The highest BCUT2D eigenvalue weighted by atomic mass is 35.5. The largest absolute Gasteiger partial charge is 0.495 e. The first-order valence-electron chi connectivity index (χ1n) is 10.1. The van der Waals surface area contributed by atoms with E-state index < -0.39 is 23.8 Å². The van der Waals surface area contributed by atoms with Crippen molar-refractivity contribution in [3.63, 3.8) is 0 Å². The number of pyridine rings is 1. The Labute approximate surface area is 201 Å². The molecule has 1 aromatic heterocycles. The molecule has 0 amide bonds. The van der Waals surface area contributed by atoms with E-state index in [4.69, 9.17) is 32.2 Å². The Morgan fingerprint density at radius 3 is 2.74 bits per heavy atom. The maximum absolute atomic E-state index is 15.1. The molecule has 8 nitrogen and oxygen atoms in total. The van der Waals surface area contributed by atoms with E-state index in [0.717, 1.165) is 12.1 Å². The number of benzene rings is 1. The van der Waals surface area contributed by atoms with Crippen molar-refractivity contribution in [2.45, 2.75) is 26.9 Å². The van der Waals surface area contributed by atoms with Gasteiger partial charge in [-0.2, -0.15) is 5.17 Å². The summed E-state index contributed by atoms with van der Waals surface area (Å²) in [4.78, 5) is 3.97. The topological polar surface area (TPSA) is 117 Å². The molecule has 0 radical (unpaired) electrons. The van der Waals surface area contributed by atoms with Crippen LogP contribution in [0.4, 0.5) is 20.3 Å². The minimum absolute atomic E-state index is 0.00836. The van der Waals surface area contributed by atoms with Crippen LogP contribution in [0.25, 0.3) is 0 Å². The van der Waals surface area contributed by atoms with Crippen molar-refractivity contribution in [1.29, 1.82) is 5.41 Å². The third kappa shape index (κ3) is 6.46. The highest BCUT2D eigenvalue weighted by Gasteiger charge is 2.19. The number of nitrogens with two attached hydrogens (primary N) is 1. The van der Waals surface area contributed by atoms with Gasteiger partial charge in [0.25, 0.3) is 0 Å². The number of anilines is 2. The lowest BCUT2D eigenvalue weighted by Gasteiger charge is -2.23. The zero-order valence-electron chi connectivity index (χ0n) is 19.0. The fraction of sp³-hybridized carbons (Fsp3) is 0.217. The number of methoxy groups -OCH3 is 1. The van der Waals surface area contributed by atoms with Gasteiger partial charge < -0.3 is 20.6 Å². The lowest BCUT2D eigenvalue weighted by atomic mass is 10.1. The van der Waals surface area contributed by atoms with Crippen LogP contribution >= 0.6 is 11.6 Å². The van der Waals surface area contributed by atoms with Gasteiger partial charge in [-0.15, -0.1) is 0 Å². The lowest BCUT2D eigenvalue weighted by Crippen LogP contribution is -2.27. The standard InChI is InChI=1S/C23H26ClF2N5O3/c1-5-14(24)9-21(13(3)33-4)31(32)30-20-8-7-18(25)17(22(20)26)12-34-15-10-16(19(27)6-2)23(28)29-11-15/h5,7-11,27,30,32H,3,6,12H2,1-2,4H3,(H2,28,29)/b14-5+,21-9+,27-19?. The van der Waals surface area contributed by atoms with Crippen molar-refractivity contribution < 1.29 is 23.5 Å². The second-order valence-corrected chi connectivity index (χ2v) is 7.30. The molecule has 0 unspecified atom stereocenters. The first kappa shape index (κ1) is 26.6. The zero-order chi connectivity index (χ0) is 25.4. The fourth-order valence-corrected chi connectivity index (χ4v) is 2.80. The van der Waals surface area contributed by atoms with Crippen molar-refractivity contribution in [3.05, 3.63) is 82.4 Å². The summed E-state index contributed by atoms with van der Waals surface area (Å²) in [5.41, 5.74) is 8.16. The predicted molar refractivity (Wildman–Crippen MR) is 128 cm³/mol. The molecule has 0 saturated heterocycles. The molecular weight excluding hydrogens is 468 g/mol. The molecule has 182 valence electrons. The van der Waals surface area contributed by atoms with E-state index in [0.29, 0.717) is 17.2 Å². The van der Waals surface area contributed by atoms with E-state index in [2.05, 4.69) is 17.0 Å². The van der Waals surface area contributed by atoms with Crippen molar-refractivity contribution in [1.82, 2.24) is 10.2 Å². The minimum atomic E-state index is -0.997. The molecule has 11 heteroatoms. The van der Waals surface area contributed by atoms with Gasteiger partial charge in [-0.1, -0.05) is 31.2 Å². The molecule has 0 atom stereocenters. The quantitative estimate of drug-likeness (QED) is 0.141. The molecule has 2 aromatic rings. The second kappa shape index (κ2) is 12.0. The number of halogens is 3. The molecule has 0 saturated carbocycles. The van der Waals surface area contributed by atoms with Gasteiger partial charge in [0.15, 0.2) is 5.82 Å². The first-order valence-corrected chi connectivity index (χ1v) is 10.5. The van der Waals surface area contributed by atoms with Gasteiger partial charge in [0, 0.05) is 16.3 Å². The molecule has 1 heterocycles. The third-order valence-electron chi connectivity index (χ3n) is 4.68. The van der Waals surface area contributed by atoms with E-state index in [-0.39, 0.29) is 39.5 Å². The Balaban J connectivity index is 2.29. The van der Waals surface area contributed by atoms with Crippen LogP contribution in [0.5, 0.6) is 5.75 Å². The highest BCUT2D eigenvalue weighted by Crippen LogP contribution is 2.26. The zero-order valence-corrected chi connectivity index (χ0v) is 19.7. The third-order valence-corrected chi connectivity index (χ3v) is 5.01. The van der Waals surface area contributed by atoms with E-state index in [1.54, 1.807) is 19.9 Å². The number of hydrazine groups is 1. The van der Waals surface area contributed by atoms with Crippen LogP contribution in [0.2, 0.25) is 0 Å². The van der Waals surface area contributed by atoms with E-state index in [1.165, 1.54) is 25.4 Å². The molecule has 0 fully saturated rings. The summed E-state index contributed by atoms with van der Waals surface area (Å²) in [5, 5.41) is 19.1. The Bertz CT molecular complexity index is 1140. The number of nitrogen functional groups attached to an aromatic ring is 1. The monoisotopic (exact) mass is 493 g/mol. The minimum Gasteiger partial charge on any atom is -0.495 e. The van der Waals surface area contributed by atoms with Crippen LogP contribution < -0.4 is 15.9 Å². The fourth-order valence-electron chi connectivity index (χ4n) is 2.69. The summed E-state index contributed by atoms with van der Waals surface area (Å²) in [6, 6.07) is 3.61. The van der Waals surface area contributed by atoms with Crippen molar-refractivity contribution in [3.8, 4) is 5.75 Å². The maximum atomic E-state index is 15.1. The van der Waals surface area contributed by atoms with Gasteiger partial charge in [0.2, 0.25) is 0 Å². The molecule has 34 heavy (non-hydrogen) atoms. The number of hydrogen-bond donors (Lipinski definition) is 4. The lowest BCUT2D eigenvalue weighted by molar-refractivity contribution is -0.0329. The molecule has 1 aromatic carbocycles. The summed E-state index contributed by atoms with van der Waals surface area (Å²) >= 11 is 5.99.